The van der Waals surface area contributed by atoms with E-state index in [0.717, 1.165) is 11.1 Å². The molecule has 7 heteroatoms. The highest BCUT2D eigenvalue weighted by molar-refractivity contribution is 5.96. The summed E-state index contributed by atoms with van der Waals surface area (Å²) in [5, 5.41) is 11.4. The molecule has 0 atom stereocenters. The lowest BCUT2D eigenvalue weighted by molar-refractivity contribution is -0.152. The molecular formula is C18H23N3O4. The third-order valence-corrected chi connectivity index (χ3v) is 4.01. The van der Waals surface area contributed by atoms with Gasteiger partial charge in [-0.3, -0.25) is 14.4 Å². The first-order valence-corrected chi connectivity index (χ1v) is 7.77. The highest BCUT2D eigenvalue weighted by Crippen LogP contribution is 2.11. The van der Waals surface area contributed by atoms with E-state index in [0.29, 0.717) is 5.56 Å². The topological polar surface area (TPSA) is 99.5 Å². The fourth-order valence-corrected chi connectivity index (χ4v) is 1.81. The molecule has 1 aromatic rings. The van der Waals surface area contributed by atoms with Crippen molar-refractivity contribution < 1.29 is 19.1 Å². The van der Waals surface area contributed by atoms with Crippen molar-refractivity contribution in [3.63, 3.8) is 0 Å². The number of hydrogen-bond donors (Lipinski definition) is 1. The molecule has 0 spiro atoms. The number of aryl methyl sites for hydroxylation is 2. The van der Waals surface area contributed by atoms with Gasteiger partial charge in [-0.05, 0) is 51.0 Å². The van der Waals surface area contributed by atoms with Crippen molar-refractivity contribution >= 4 is 17.8 Å². The molecule has 0 aliphatic heterocycles. The molecule has 0 unspecified atom stereocenters. The summed E-state index contributed by atoms with van der Waals surface area (Å²) in [6.45, 7) is 6.17. The van der Waals surface area contributed by atoms with E-state index in [1.54, 1.807) is 26.0 Å². The van der Waals surface area contributed by atoms with Gasteiger partial charge in [0, 0.05) is 12.6 Å². The Labute approximate surface area is 147 Å². The van der Waals surface area contributed by atoms with Crippen LogP contribution in [0.15, 0.2) is 18.2 Å². The van der Waals surface area contributed by atoms with Crippen LogP contribution in [0.3, 0.4) is 0 Å². The highest BCUT2D eigenvalue weighted by Gasteiger charge is 2.27. The Bertz CT molecular complexity index is 720. The fourth-order valence-electron chi connectivity index (χ4n) is 1.81. The second kappa shape index (κ2) is 8.29. The zero-order valence-electron chi connectivity index (χ0n) is 15.2. The average Bonchev–Trinajstić information content (AvgIpc) is 2.58. The van der Waals surface area contributed by atoms with Crippen LogP contribution in [0.2, 0.25) is 0 Å². The first-order chi connectivity index (χ1) is 11.6. The maximum Gasteiger partial charge on any atom is 0.325 e. The van der Waals surface area contributed by atoms with Gasteiger partial charge < -0.3 is 15.0 Å². The van der Waals surface area contributed by atoms with Gasteiger partial charge in [0.15, 0.2) is 6.61 Å². The number of nitrogens with one attached hydrogen (secondary N) is 1. The number of nitrogens with zero attached hydrogens (tertiary/aromatic N) is 2. The fraction of sp³-hybridized carbons (Fsp3) is 0.444. The first-order valence-electron chi connectivity index (χ1n) is 7.77. The van der Waals surface area contributed by atoms with Crippen LogP contribution in [0, 0.1) is 25.2 Å². The molecule has 0 radical (unpaired) electrons. The Balaban J connectivity index is 2.47. The summed E-state index contributed by atoms with van der Waals surface area (Å²) in [6, 6.07) is 7.22. The number of carbonyl (C=O) groups excluding carboxylic acids is 3. The summed E-state index contributed by atoms with van der Waals surface area (Å²) in [6.07, 6.45) is 0. The van der Waals surface area contributed by atoms with Crippen molar-refractivity contribution in [2.24, 2.45) is 0 Å². The minimum absolute atomic E-state index is 0.343. The molecule has 0 aliphatic rings. The zero-order valence-corrected chi connectivity index (χ0v) is 15.2. The molecule has 0 fully saturated rings. The van der Waals surface area contributed by atoms with Gasteiger partial charge in [-0.15, -0.1) is 0 Å². The Morgan fingerprint density at radius 3 is 2.44 bits per heavy atom. The molecule has 0 aliphatic carbocycles. The molecule has 0 heterocycles. The normalized spacial score (nSPS) is 10.6. The number of hydrogen-bond acceptors (Lipinski definition) is 5. The molecule has 1 N–H and O–H groups in total. The smallest absolute Gasteiger partial charge is 0.325 e. The largest absolute Gasteiger partial charge is 0.454 e. The van der Waals surface area contributed by atoms with E-state index in [2.05, 4.69) is 5.32 Å². The van der Waals surface area contributed by atoms with E-state index in [1.165, 1.54) is 11.9 Å². The van der Waals surface area contributed by atoms with Crippen LogP contribution in [-0.4, -0.2) is 48.4 Å². The Morgan fingerprint density at radius 1 is 1.24 bits per heavy atom. The Morgan fingerprint density at radius 2 is 1.88 bits per heavy atom. The van der Waals surface area contributed by atoms with E-state index < -0.39 is 29.9 Å². The molecule has 7 nitrogen and oxygen atoms in total. The van der Waals surface area contributed by atoms with Crippen molar-refractivity contribution in [1.29, 1.82) is 5.26 Å². The van der Waals surface area contributed by atoms with Crippen LogP contribution in [0.1, 0.15) is 35.3 Å². The quantitative estimate of drug-likeness (QED) is 0.784. The van der Waals surface area contributed by atoms with E-state index in [-0.39, 0.29) is 6.54 Å². The maximum atomic E-state index is 12.0. The molecule has 2 amide bonds. The van der Waals surface area contributed by atoms with Crippen LogP contribution >= 0.6 is 0 Å². The summed E-state index contributed by atoms with van der Waals surface area (Å²) >= 11 is 0. The second-order valence-corrected chi connectivity index (χ2v) is 6.27. The summed E-state index contributed by atoms with van der Waals surface area (Å²) in [4.78, 5) is 36.8. The van der Waals surface area contributed by atoms with Crippen molar-refractivity contribution in [3.05, 3.63) is 34.9 Å². The standard InChI is InChI=1S/C18H23N3O4/c1-12-6-7-14(8-13(12)2)17(24)20-9-16(23)25-10-15(22)21(5)18(3,4)11-19/h6-8H,9-10H2,1-5H3,(H,20,24). The molecule has 1 aromatic carbocycles. The van der Waals surface area contributed by atoms with Gasteiger partial charge in [-0.25, -0.2) is 0 Å². The number of nitriles is 1. The lowest BCUT2D eigenvalue weighted by Gasteiger charge is -2.28. The lowest BCUT2D eigenvalue weighted by atomic mass is 10.1. The number of esters is 1. The van der Waals surface area contributed by atoms with E-state index in [4.69, 9.17) is 10.00 Å². The van der Waals surface area contributed by atoms with Crippen molar-refractivity contribution in [1.82, 2.24) is 10.2 Å². The molecular weight excluding hydrogens is 322 g/mol. The predicted octanol–water partition coefficient (Wildman–Crippen LogP) is 1.34. The van der Waals surface area contributed by atoms with Crippen molar-refractivity contribution in [2.45, 2.75) is 33.2 Å². The number of amides is 2. The summed E-state index contributed by atoms with van der Waals surface area (Å²) in [5.41, 5.74) is 1.49. The summed E-state index contributed by atoms with van der Waals surface area (Å²) in [7, 11) is 1.46. The van der Waals surface area contributed by atoms with Crippen LogP contribution < -0.4 is 5.32 Å². The predicted molar refractivity (Wildman–Crippen MR) is 91.7 cm³/mol. The Kier molecular flexibility index (Phi) is 6.68. The molecule has 134 valence electrons. The van der Waals surface area contributed by atoms with E-state index in [1.807, 2.05) is 26.0 Å². The second-order valence-electron chi connectivity index (χ2n) is 6.27. The van der Waals surface area contributed by atoms with Gasteiger partial charge in [-0.2, -0.15) is 5.26 Å². The number of likely N-dealkylation sites (N-methyl/N-ethyl adjacent to an activating group) is 1. The maximum absolute atomic E-state index is 12.0. The first kappa shape index (κ1) is 20.2. The molecule has 0 aromatic heterocycles. The SMILES string of the molecule is Cc1ccc(C(=O)NCC(=O)OCC(=O)N(C)C(C)(C)C#N)cc1C. The summed E-state index contributed by atoms with van der Waals surface area (Å²) in [5.74, 6) is -1.62. The number of carbonyl (C=O) groups is 3. The van der Waals surface area contributed by atoms with E-state index in [9.17, 15) is 14.4 Å². The molecule has 25 heavy (non-hydrogen) atoms. The van der Waals surface area contributed by atoms with Gasteiger partial charge in [0.25, 0.3) is 11.8 Å². The molecule has 0 saturated carbocycles. The van der Waals surface area contributed by atoms with Crippen molar-refractivity contribution in [3.8, 4) is 6.07 Å². The van der Waals surface area contributed by atoms with Crippen LogP contribution in [0.5, 0.6) is 0 Å². The van der Waals surface area contributed by atoms with Gasteiger partial charge in [0.2, 0.25) is 0 Å². The third kappa shape index (κ3) is 5.60. The third-order valence-electron chi connectivity index (χ3n) is 4.01. The lowest BCUT2D eigenvalue weighted by Crippen LogP contribution is -2.46. The summed E-state index contributed by atoms with van der Waals surface area (Å²) < 4.78 is 4.84. The molecule has 0 bridgehead atoms. The highest BCUT2D eigenvalue weighted by atomic mass is 16.5. The average molecular weight is 345 g/mol. The number of benzene rings is 1. The van der Waals surface area contributed by atoms with Gasteiger partial charge in [0.1, 0.15) is 12.1 Å². The van der Waals surface area contributed by atoms with Crippen LogP contribution in [0.25, 0.3) is 0 Å². The minimum Gasteiger partial charge on any atom is -0.454 e. The van der Waals surface area contributed by atoms with E-state index >= 15 is 0 Å². The van der Waals surface area contributed by atoms with Gasteiger partial charge in [-0.1, -0.05) is 6.07 Å². The minimum atomic E-state index is -0.999. The Hall–Kier alpha value is -2.88. The number of rotatable bonds is 6. The zero-order chi connectivity index (χ0) is 19.2. The molecule has 0 saturated heterocycles. The van der Waals surface area contributed by atoms with Crippen LogP contribution in [0.4, 0.5) is 0 Å². The molecule has 1 rings (SSSR count). The van der Waals surface area contributed by atoms with Crippen LogP contribution in [-0.2, 0) is 14.3 Å². The monoisotopic (exact) mass is 345 g/mol. The van der Waals surface area contributed by atoms with Crippen molar-refractivity contribution in [2.75, 3.05) is 20.2 Å². The number of ether oxygens (including phenoxy) is 1. The van der Waals surface area contributed by atoms with Gasteiger partial charge in [0.05, 0.1) is 6.07 Å². The van der Waals surface area contributed by atoms with Gasteiger partial charge >= 0.3 is 5.97 Å².